The van der Waals surface area contributed by atoms with Crippen molar-refractivity contribution in [3.63, 3.8) is 0 Å². The first kappa shape index (κ1) is 13.6. The topological polar surface area (TPSA) is 20.3 Å². The molecule has 2 nitrogen and oxygen atoms in total. The maximum atomic E-state index is 12.9. The molecule has 1 aromatic rings. The average Bonchev–Trinajstić information content (AvgIpc) is 3.18. The lowest BCUT2D eigenvalue weighted by atomic mass is 9.91. The van der Waals surface area contributed by atoms with E-state index in [1.165, 1.54) is 18.6 Å². The summed E-state index contributed by atoms with van der Waals surface area (Å²) in [6.07, 6.45) is 2.14. The van der Waals surface area contributed by atoms with Gasteiger partial charge in [-0.25, -0.2) is 4.39 Å². The van der Waals surface area contributed by atoms with Crippen LogP contribution in [0.4, 0.5) is 4.39 Å². The van der Waals surface area contributed by atoms with Crippen LogP contribution in [0.1, 0.15) is 38.2 Å². The number of piperidine rings is 1. The molecule has 0 spiro atoms. The fraction of sp³-hybridized carbons (Fsp3) is 0.588. The summed E-state index contributed by atoms with van der Waals surface area (Å²) < 4.78 is 12.9. The van der Waals surface area contributed by atoms with Crippen molar-refractivity contribution >= 4 is 5.91 Å². The first-order valence-electron chi connectivity index (χ1n) is 7.59. The van der Waals surface area contributed by atoms with Crippen LogP contribution in [0.5, 0.6) is 0 Å². The molecule has 2 aliphatic rings. The van der Waals surface area contributed by atoms with E-state index < -0.39 is 0 Å². The fourth-order valence-electron chi connectivity index (χ4n) is 3.62. The molecule has 0 aromatic heterocycles. The second kappa shape index (κ2) is 5.19. The number of carbonyl (C=O) groups excluding carboxylic acids is 1. The van der Waals surface area contributed by atoms with Gasteiger partial charge in [0.2, 0.25) is 5.91 Å². The second-order valence-electron chi connectivity index (χ2n) is 6.69. The predicted octanol–water partition coefficient (Wildman–Crippen LogP) is 3.43. The van der Waals surface area contributed by atoms with Gasteiger partial charge in [0.25, 0.3) is 0 Å². The number of carbonyl (C=O) groups is 1. The van der Waals surface area contributed by atoms with Crippen LogP contribution in [-0.2, 0) is 4.79 Å². The van der Waals surface area contributed by atoms with Crippen molar-refractivity contribution < 1.29 is 9.18 Å². The van der Waals surface area contributed by atoms with Gasteiger partial charge in [-0.2, -0.15) is 0 Å². The molecule has 1 aromatic carbocycles. The Bertz CT molecular complexity index is 488. The Morgan fingerprint density at radius 2 is 1.70 bits per heavy atom. The first-order chi connectivity index (χ1) is 9.54. The molecule has 108 valence electrons. The molecule has 1 amide bonds. The second-order valence-corrected chi connectivity index (χ2v) is 6.69. The van der Waals surface area contributed by atoms with Crippen LogP contribution in [0.25, 0.3) is 0 Å². The van der Waals surface area contributed by atoms with Crippen LogP contribution in [-0.4, -0.2) is 23.9 Å². The quantitative estimate of drug-likeness (QED) is 0.809. The molecule has 3 rings (SSSR count). The summed E-state index contributed by atoms with van der Waals surface area (Å²) in [6.45, 7) is 6.24. The lowest BCUT2D eigenvalue weighted by Crippen LogP contribution is -2.43. The largest absolute Gasteiger partial charge is 0.342 e. The van der Waals surface area contributed by atoms with Gasteiger partial charge in [-0.05, 0) is 48.3 Å². The van der Waals surface area contributed by atoms with Crippen molar-refractivity contribution in [3.05, 3.63) is 35.6 Å². The average molecular weight is 275 g/mol. The van der Waals surface area contributed by atoms with Gasteiger partial charge in [-0.3, -0.25) is 4.79 Å². The number of benzene rings is 1. The molecule has 1 aliphatic carbocycles. The summed E-state index contributed by atoms with van der Waals surface area (Å²) in [5, 5.41) is 0. The third-order valence-electron chi connectivity index (χ3n) is 4.59. The van der Waals surface area contributed by atoms with E-state index in [0.717, 1.165) is 25.1 Å². The lowest BCUT2D eigenvalue weighted by Gasteiger charge is -2.35. The Kier molecular flexibility index (Phi) is 3.53. The fourth-order valence-corrected chi connectivity index (χ4v) is 3.62. The summed E-state index contributed by atoms with van der Waals surface area (Å²) in [6, 6.07) is 6.60. The van der Waals surface area contributed by atoms with E-state index in [4.69, 9.17) is 0 Å². The number of nitrogens with zero attached hydrogens (tertiary/aromatic N) is 1. The van der Waals surface area contributed by atoms with E-state index >= 15 is 0 Å². The van der Waals surface area contributed by atoms with Gasteiger partial charge in [0.05, 0.1) is 0 Å². The van der Waals surface area contributed by atoms with Gasteiger partial charge < -0.3 is 4.90 Å². The standard InChI is InChI=1S/C17H22FNO/c1-11-7-12(2)10-19(9-11)17(20)16-8-15(16)13-3-5-14(18)6-4-13/h3-6,11-12,15-16H,7-10H2,1-2H3. The van der Waals surface area contributed by atoms with Gasteiger partial charge in [-0.15, -0.1) is 0 Å². The minimum Gasteiger partial charge on any atom is -0.342 e. The normalized spacial score (nSPS) is 33.0. The van der Waals surface area contributed by atoms with Crippen molar-refractivity contribution in [3.8, 4) is 0 Å². The Hall–Kier alpha value is -1.38. The molecular weight excluding hydrogens is 253 g/mol. The Morgan fingerprint density at radius 1 is 1.10 bits per heavy atom. The van der Waals surface area contributed by atoms with E-state index in [1.807, 2.05) is 17.0 Å². The van der Waals surface area contributed by atoms with E-state index in [2.05, 4.69) is 13.8 Å². The molecular formula is C17H22FNO. The monoisotopic (exact) mass is 275 g/mol. The van der Waals surface area contributed by atoms with Crippen LogP contribution in [0.3, 0.4) is 0 Å². The molecule has 1 saturated heterocycles. The highest BCUT2D eigenvalue weighted by Gasteiger charge is 2.46. The van der Waals surface area contributed by atoms with Gasteiger partial charge in [0.1, 0.15) is 5.82 Å². The van der Waals surface area contributed by atoms with Gasteiger partial charge in [-0.1, -0.05) is 26.0 Å². The zero-order valence-electron chi connectivity index (χ0n) is 12.2. The molecule has 20 heavy (non-hydrogen) atoms. The molecule has 3 heteroatoms. The van der Waals surface area contributed by atoms with Crippen LogP contribution in [0.2, 0.25) is 0 Å². The van der Waals surface area contributed by atoms with Crippen LogP contribution < -0.4 is 0 Å². The van der Waals surface area contributed by atoms with Crippen molar-refractivity contribution in [2.24, 2.45) is 17.8 Å². The number of rotatable bonds is 2. The van der Waals surface area contributed by atoms with Gasteiger partial charge >= 0.3 is 0 Å². The molecule has 0 radical (unpaired) electrons. The maximum Gasteiger partial charge on any atom is 0.226 e. The molecule has 1 aliphatic heterocycles. The number of likely N-dealkylation sites (tertiary alicyclic amines) is 1. The number of hydrogen-bond donors (Lipinski definition) is 0. The third kappa shape index (κ3) is 2.72. The van der Waals surface area contributed by atoms with E-state index in [0.29, 0.717) is 23.7 Å². The molecule has 0 N–H and O–H groups in total. The van der Waals surface area contributed by atoms with Crippen molar-refractivity contribution in [1.82, 2.24) is 4.90 Å². The van der Waals surface area contributed by atoms with Crippen LogP contribution in [0.15, 0.2) is 24.3 Å². The van der Waals surface area contributed by atoms with E-state index in [1.54, 1.807) is 0 Å². The van der Waals surface area contributed by atoms with E-state index in [9.17, 15) is 9.18 Å². The summed E-state index contributed by atoms with van der Waals surface area (Å²) in [5.74, 6) is 1.72. The maximum absolute atomic E-state index is 12.9. The molecule has 4 atom stereocenters. The zero-order valence-corrected chi connectivity index (χ0v) is 12.2. The highest BCUT2D eigenvalue weighted by Crippen LogP contribution is 2.48. The predicted molar refractivity (Wildman–Crippen MR) is 76.8 cm³/mol. The minimum atomic E-state index is -0.212. The molecule has 0 bridgehead atoms. The van der Waals surface area contributed by atoms with E-state index in [-0.39, 0.29) is 11.7 Å². The first-order valence-corrected chi connectivity index (χ1v) is 7.59. The summed E-state index contributed by atoms with van der Waals surface area (Å²) in [5.41, 5.74) is 1.10. The highest BCUT2D eigenvalue weighted by molar-refractivity contribution is 5.83. The number of hydrogen-bond acceptors (Lipinski definition) is 1. The SMILES string of the molecule is CC1CC(C)CN(C(=O)C2CC2c2ccc(F)cc2)C1. The minimum absolute atomic E-state index is 0.123. The molecule has 1 heterocycles. The van der Waals surface area contributed by atoms with Crippen LogP contribution >= 0.6 is 0 Å². The number of amides is 1. The number of halogens is 1. The van der Waals surface area contributed by atoms with Crippen molar-refractivity contribution in [1.29, 1.82) is 0 Å². The molecule has 4 unspecified atom stereocenters. The molecule has 2 fully saturated rings. The van der Waals surface area contributed by atoms with Crippen LogP contribution in [0, 0.1) is 23.6 Å². The summed E-state index contributed by atoms with van der Waals surface area (Å²) >= 11 is 0. The van der Waals surface area contributed by atoms with Crippen molar-refractivity contribution in [2.45, 2.75) is 32.6 Å². The van der Waals surface area contributed by atoms with Crippen molar-refractivity contribution in [2.75, 3.05) is 13.1 Å². The Morgan fingerprint density at radius 3 is 2.30 bits per heavy atom. The highest BCUT2D eigenvalue weighted by atomic mass is 19.1. The zero-order chi connectivity index (χ0) is 14.3. The van der Waals surface area contributed by atoms with Gasteiger partial charge in [0, 0.05) is 19.0 Å². The summed E-state index contributed by atoms with van der Waals surface area (Å²) in [4.78, 5) is 14.6. The third-order valence-corrected chi connectivity index (χ3v) is 4.59. The molecule has 1 saturated carbocycles. The Balaban J connectivity index is 1.63. The van der Waals surface area contributed by atoms with Gasteiger partial charge in [0.15, 0.2) is 0 Å². The summed E-state index contributed by atoms with van der Waals surface area (Å²) in [7, 11) is 0. The Labute approximate surface area is 120 Å². The smallest absolute Gasteiger partial charge is 0.226 e. The lowest BCUT2D eigenvalue weighted by molar-refractivity contribution is -0.135.